The number of hydrogen-bond donors (Lipinski definition) is 3. The van der Waals surface area contributed by atoms with Gasteiger partial charge in [0.05, 0.1) is 53.2 Å². The fraction of sp³-hybridized carbons (Fsp3) is 0.368. The Morgan fingerprint density at radius 3 is 2.39 bits per heavy atom. The molecule has 0 radical (unpaired) electrons. The average Bonchev–Trinajstić information content (AvgIpc) is 4.24. The number of nitrogens with zero attached hydrogens (tertiary/aromatic N) is 8. The molecule has 3 aliphatic heterocycles. The highest BCUT2D eigenvalue weighted by atomic mass is 32.1. The van der Waals surface area contributed by atoms with Crippen LogP contribution in [0.3, 0.4) is 0 Å². The average molecular weight is 1050 g/mol. The Morgan fingerprint density at radius 2 is 1.64 bits per heavy atom. The van der Waals surface area contributed by atoms with Crippen molar-refractivity contribution in [1.29, 1.82) is 0 Å². The molecule has 3 atom stereocenters. The summed E-state index contributed by atoms with van der Waals surface area (Å²) in [7, 11) is 0. The van der Waals surface area contributed by atoms with E-state index in [4.69, 9.17) is 25.0 Å². The van der Waals surface area contributed by atoms with Gasteiger partial charge >= 0.3 is 0 Å². The van der Waals surface area contributed by atoms with Crippen molar-refractivity contribution in [3.63, 3.8) is 0 Å². The van der Waals surface area contributed by atoms with Crippen LogP contribution in [0.1, 0.15) is 79.2 Å². The summed E-state index contributed by atoms with van der Waals surface area (Å²) in [5, 5.41) is 19.5. The maximum absolute atomic E-state index is 14.3. The smallest absolute Gasteiger partial charge is 0.255 e. The maximum atomic E-state index is 14.3. The van der Waals surface area contributed by atoms with Crippen LogP contribution in [0, 0.1) is 12.8 Å². The molecule has 0 saturated carbocycles. The molecular formula is C57H62N10O8S. The zero-order valence-corrected chi connectivity index (χ0v) is 43.7. The molecule has 76 heavy (non-hydrogen) atoms. The molecule has 4 aromatic carbocycles. The number of para-hydroxylation sites is 1. The van der Waals surface area contributed by atoms with Gasteiger partial charge in [-0.15, -0.1) is 11.3 Å². The number of aliphatic hydroxyl groups is 1. The number of β-amino-alcohol motifs (C(OH)–C–C–N with tert-alkyl or cyclic N) is 1. The van der Waals surface area contributed by atoms with E-state index in [0.29, 0.717) is 91.7 Å². The van der Waals surface area contributed by atoms with Crippen LogP contribution in [0.2, 0.25) is 0 Å². The monoisotopic (exact) mass is 1050 g/mol. The van der Waals surface area contributed by atoms with Gasteiger partial charge in [0.2, 0.25) is 17.7 Å². The van der Waals surface area contributed by atoms with Crippen molar-refractivity contribution in [2.45, 2.75) is 90.2 Å². The Bertz CT molecular complexity index is 3210. The Hall–Kier alpha value is -7.74. The summed E-state index contributed by atoms with van der Waals surface area (Å²) in [5.74, 6) is 1.18. The van der Waals surface area contributed by atoms with E-state index in [1.54, 1.807) is 22.5 Å². The van der Waals surface area contributed by atoms with E-state index in [9.17, 15) is 24.3 Å². The third kappa shape index (κ3) is 11.1. The molecule has 19 heteroatoms. The number of aromatic nitrogens is 5. The lowest BCUT2D eigenvalue weighted by Gasteiger charge is -2.35. The van der Waals surface area contributed by atoms with Gasteiger partial charge in [0.1, 0.15) is 47.2 Å². The highest BCUT2D eigenvalue weighted by molar-refractivity contribution is 7.13. The number of amides is 4. The molecule has 2 fully saturated rings. The van der Waals surface area contributed by atoms with Crippen molar-refractivity contribution < 1.29 is 38.5 Å². The number of likely N-dealkylation sites (tertiary alicyclic amines) is 2. The minimum Gasteiger partial charge on any atom is -0.493 e. The zero-order valence-electron chi connectivity index (χ0n) is 42.8. The van der Waals surface area contributed by atoms with Gasteiger partial charge in [0, 0.05) is 68.9 Å². The second-order valence-corrected chi connectivity index (χ2v) is 20.7. The number of nitrogens with two attached hydrogens (primary N) is 1. The lowest BCUT2D eigenvalue weighted by atomic mass is 10.0. The molecule has 3 aliphatic rings. The molecular weight excluding hydrogens is 985 g/mol. The minimum absolute atomic E-state index is 0.00789. The maximum Gasteiger partial charge on any atom is 0.255 e. The standard InChI is InChI=1S/C57H62N10O8S/c1-35(2)51(66-31-40-10-7-8-13-45(40)56(66)71)57(72)65-32-42(68)29-46(65)55(70)59-30-39-15-14-38(52-36(3)62-34-76-52)28-47(39)74-26-9-25-73-27-22-48(69)64-23-20-41(21-24-64)67-54-49(53(58)60-33-61-54)50(63-67)37-16-18-44(19-17-37)75-43-11-5-4-6-12-43/h4-8,10-19,28,33-35,41-42,46,51,68H,9,20-27,29-32H2,1-3H3,(H,59,70)(H2,58,60,61)/t42-,46+,51+/m1/s1. The van der Waals surface area contributed by atoms with Crippen LogP contribution in [0.15, 0.2) is 109 Å². The Balaban J connectivity index is 0.704. The van der Waals surface area contributed by atoms with Crippen molar-refractivity contribution in [3.8, 4) is 38.9 Å². The van der Waals surface area contributed by atoms with Crippen LogP contribution in [-0.2, 0) is 32.2 Å². The number of fused-ring (bicyclic) bond motifs is 2. The third-order valence-electron chi connectivity index (χ3n) is 14.4. The number of carbonyl (C=O) groups is 4. The normalized spacial score (nSPS) is 17.1. The molecule has 0 bridgehead atoms. The summed E-state index contributed by atoms with van der Waals surface area (Å²) in [6, 6.07) is 28.7. The molecule has 10 rings (SSSR count). The number of nitrogen functional groups attached to an aromatic ring is 1. The summed E-state index contributed by atoms with van der Waals surface area (Å²) >= 11 is 1.53. The number of anilines is 1. The number of hydrogen-bond acceptors (Lipinski definition) is 14. The van der Waals surface area contributed by atoms with E-state index in [2.05, 4.69) is 20.3 Å². The van der Waals surface area contributed by atoms with Gasteiger partial charge < -0.3 is 45.1 Å². The highest BCUT2D eigenvalue weighted by Gasteiger charge is 2.46. The molecule has 2 saturated heterocycles. The minimum atomic E-state index is -0.923. The second kappa shape index (κ2) is 23.0. The van der Waals surface area contributed by atoms with Crippen molar-refractivity contribution in [1.82, 2.24) is 44.7 Å². The quantitative estimate of drug-likeness (QED) is 0.0666. The number of carbonyl (C=O) groups excluding carboxylic acids is 4. The lowest BCUT2D eigenvalue weighted by Crippen LogP contribution is -2.55. The van der Waals surface area contributed by atoms with Crippen LogP contribution in [0.25, 0.3) is 32.7 Å². The molecule has 4 N–H and O–H groups in total. The first kappa shape index (κ1) is 51.7. The fourth-order valence-corrected chi connectivity index (χ4v) is 11.3. The van der Waals surface area contributed by atoms with Crippen molar-refractivity contribution in [2.24, 2.45) is 5.92 Å². The number of benzene rings is 4. The van der Waals surface area contributed by atoms with Crippen LogP contribution in [-0.4, -0.2) is 126 Å². The first-order valence-electron chi connectivity index (χ1n) is 25.9. The zero-order chi connectivity index (χ0) is 52.9. The van der Waals surface area contributed by atoms with Crippen LogP contribution in [0.5, 0.6) is 17.2 Å². The predicted molar refractivity (Wildman–Crippen MR) is 287 cm³/mol. The molecule has 4 amide bonds. The topological polar surface area (TPSA) is 220 Å². The number of piperidine rings is 1. The number of ether oxygens (including phenoxy) is 3. The molecule has 0 spiro atoms. The Morgan fingerprint density at radius 1 is 0.895 bits per heavy atom. The van der Waals surface area contributed by atoms with Crippen molar-refractivity contribution in [3.05, 3.63) is 131 Å². The summed E-state index contributed by atoms with van der Waals surface area (Å²) in [6.07, 6.45) is 2.83. The third-order valence-corrected chi connectivity index (χ3v) is 15.4. The molecule has 6 heterocycles. The summed E-state index contributed by atoms with van der Waals surface area (Å²) in [4.78, 5) is 74.3. The first-order valence-corrected chi connectivity index (χ1v) is 26.8. The van der Waals surface area contributed by atoms with Gasteiger partial charge in [0.25, 0.3) is 5.91 Å². The van der Waals surface area contributed by atoms with E-state index in [-0.39, 0.29) is 62.2 Å². The van der Waals surface area contributed by atoms with Crippen LogP contribution >= 0.6 is 11.3 Å². The van der Waals surface area contributed by atoms with E-state index in [1.165, 1.54) is 22.6 Å². The number of nitrogens with one attached hydrogen (secondary N) is 1. The number of rotatable bonds is 19. The first-order chi connectivity index (χ1) is 36.9. The molecule has 0 unspecified atom stereocenters. The predicted octanol–water partition coefficient (Wildman–Crippen LogP) is 7.60. The second-order valence-electron chi connectivity index (χ2n) is 19.8. The van der Waals surface area contributed by atoms with Gasteiger partial charge in [-0.3, -0.25) is 19.2 Å². The molecule has 3 aromatic heterocycles. The Labute approximate surface area is 444 Å². The summed E-state index contributed by atoms with van der Waals surface area (Å²) in [6.45, 7) is 8.21. The fourth-order valence-electron chi connectivity index (χ4n) is 10.5. The van der Waals surface area contributed by atoms with Gasteiger partial charge in [-0.25, -0.2) is 19.6 Å². The summed E-state index contributed by atoms with van der Waals surface area (Å²) < 4.78 is 20.2. The van der Waals surface area contributed by atoms with Gasteiger partial charge in [0.15, 0.2) is 5.65 Å². The van der Waals surface area contributed by atoms with Crippen LogP contribution in [0.4, 0.5) is 5.82 Å². The largest absolute Gasteiger partial charge is 0.493 e. The van der Waals surface area contributed by atoms with Gasteiger partial charge in [-0.1, -0.05) is 62.4 Å². The van der Waals surface area contributed by atoms with Gasteiger partial charge in [-0.2, -0.15) is 5.10 Å². The van der Waals surface area contributed by atoms with Gasteiger partial charge in [-0.05, 0) is 85.3 Å². The van der Waals surface area contributed by atoms with E-state index in [1.807, 2.05) is 115 Å². The Kier molecular flexibility index (Phi) is 15.7. The van der Waals surface area contributed by atoms with Crippen LogP contribution < -0.4 is 20.5 Å². The SMILES string of the molecule is Cc1ncsc1-c1ccc(CNC(=O)[C@@H]2C[C@@H](O)CN2C(=O)[C@H](C(C)C)N2Cc3ccccc3C2=O)c(OCCCOCCC(=O)N2CCC(n3nc(-c4ccc(Oc5ccccc5)cc4)c4c(N)ncnc43)CC2)c1. The number of aliphatic hydroxyl groups excluding tert-OH is 1. The van der Waals surface area contributed by atoms with E-state index < -0.39 is 24.1 Å². The number of thiazole rings is 1. The molecule has 394 valence electrons. The number of aryl methyl sites for hydroxylation is 1. The summed E-state index contributed by atoms with van der Waals surface area (Å²) in [5.41, 5.74) is 14.4. The molecule has 7 aromatic rings. The van der Waals surface area contributed by atoms with Crippen molar-refractivity contribution >= 4 is 51.8 Å². The molecule has 18 nitrogen and oxygen atoms in total. The lowest BCUT2D eigenvalue weighted by molar-refractivity contribution is -0.143. The van der Waals surface area contributed by atoms with E-state index >= 15 is 0 Å². The molecule has 0 aliphatic carbocycles. The van der Waals surface area contributed by atoms with Crippen molar-refractivity contribution in [2.75, 3.05) is 45.2 Å². The highest BCUT2D eigenvalue weighted by Crippen LogP contribution is 2.37. The van der Waals surface area contributed by atoms with E-state index in [0.717, 1.165) is 38.6 Å².